The Morgan fingerprint density at radius 3 is 2.68 bits per heavy atom. The summed E-state index contributed by atoms with van der Waals surface area (Å²) >= 11 is 6.16. The lowest BCUT2D eigenvalue weighted by molar-refractivity contribution is -0.121. The quantitative estimate of drug-likeness (QED) is 0.662. The molecular weight excluding hydrogens is 382 g/mol. The van der Waals surface area contributed by atoms with Gasteiger partial charge in [-0.25, -0.2) is 4.79 Å². The van der Waals surface area contributed by atoms with E-state index in [1.165, 1.54) is 0 Å². The van der Waals surface area contributed by atoms with Crippen molar-refractivity contribution in [2.45, 2.75) is 33.7 Å². The Morgan fingerprint density at radius 1 is 1.25 bits per heavy atom. The van der Waals surface area contributed by atoms with Gasteiger partial charge >= 0.3 is 6.03 Å². The van der Waals surface area contributed by atoms with Gasteiger partial charge in [-0.1, -0.05) is 44.5 Å². The maximum Gasteiger partial charge on any atom is 0.321 e. The number of halogens is 1. The molecule has 2 rings (SSSR count). The molecule has 28 heavy (non-hydrogen) atoms. The third-order valence-electron chi connectivity index (χ3n) is 3.76. The molecule has 0 spiro atoms. The van der Waals surface area contributed by atoms with Crippen LogP contribution in [0, 0.1) is 5.92 Å². The summed E-state index contributed by atoms with van der Waals surface area (Å²) in [6, 6.07) is 6.71. The smallest absolute Gasteiger partial charge is 0.321 e. The number of imide groups is 1. The van der Waals surface area contributed by atoms with Gasteiger partial charge in [-0.3, -0.25) is 15.0 Å². The second-order valence-corrected chi connectivity index (χ2v) is 7.25. The van der Waals surface area contributed by atoms with Gasteiger partial charge in [0.1, 0.15) is 0 Å². The molecule has 0 saturated heterocycles. The molecule has 2 N–H and O–H groups in total. The summed E-state index contributed by atoms with van der Waals surface area (Å²) in [6.07, 6.45) is 0.832. The highest BCUT2D eigenvalue weighted by atomic mass is 35.5. The average Bonchev–Trinajstić information content (AvgIpc) is 3.08. The van der Waals surface area contributed by atoms with Crippen molar-refractivity contribution in [2.24, 2.45) is 5.92 Å². The normalized spacial score (nSPS) is 11.1. The summed E-state index contributed by atoms with van der Waals surface area (Å²) in [5.74, 6) is 0.623. The van der Waals surface area contributed by atoms with Gasteiger partial charge in [0.15, 0.2) is 0 Å². The van der Waals surface area contributed by atoms with Crippen LogP contribution in [0.15, 0.2) is 28.7 Å². The van der Waals surface area contributed by atoms with Crippen LogP contribution in [0.4, 0.5) is 4.79 Å². The van der Waals surface area contributed by atoms with Crippen LogP contribution in [0.1, 0.15) is 33.1 Å². The predicted molar refractivity (Wildman–Crippen MR) is 107 cm³/mol. The summed E-state index contributed by atoms with van der Waals surface area (Å²) in [5, 5.41) is 13.6. The van der Waals surface area contributed by atoms with E-state index in [4.69, 9.17) is 16.0 Å². The highest BCUT2D eigenvalue weighted by Crippen LogP contribution is 2.26. The molecule has 9 heteroatoms. The number of aromatic nitrogens is 2. The second-order valence-electron chi connectivity index (χ2n) is 6.84. The highest BCUT2D eigenvalue weighted by molar-refractivity contribution is 6.33. The molecular formula is C19H26ClN5O3. The van der Waals surface area contributed by atoms with Crippen molar-refractivity contribution < 1.29 is 14.0 Å². The highest BCUT2D eigenvalue weighted by Gasteiger charge is 2.17. The van der Waals surface area contributed by atoms with Gasteiger partial charge in [0.05, 0.1) is 23.7 Å². The van der Waals surface area contributed by atoms with Crippen molar-refractivity contribution in [3.8, 4) is 11.5 Å². The number of hydrogen-bond donors (Lipinski definition) is 2. The molecule has 0 unspecified atom stereocenters. The zero-order valence-electron chi connectivity index (χ0n) is 16.4. The lowest BCUT2D eigenvalue weighted by atomic mass is 10.2. The van der Waals surface area contributed by atoms with Crippen LogP contribution in [-0.2, 0) is 11.3 Å². The first-order chi connectivity index (χ1) is 13.4. The van der Waals surface area contributed by atoms with Crippen LogP contribution in [0.2, 0.25) is 5.02 Å². The Morgan fingerprint density at radius 2 is 2.00 bits per heavy atom. The zero-order chi connectivity index (χ0) is 20.5. The van der Waals surface area contributed by atoms with Crippen molar-refractivity contribution in [1.82, 2.24) is 25.7 Å². The van der Waals surface area contributed by atoms with Gasteiger partial charge in [0.2, 0.25) is 17.7 Å². The molecule has 8 nitrogen and oxygen atoms in total. The first-order valence-corrected chi connectivity index (χ1v) is 9.64. The summed E-state index contributed by atoms with van der Waals surface area (Å²) in [7, 11) is 0. The summed E-state index contributed by atoms with van der Waals surface area (Å²) < 4.78 is 5.70. The van der Waals surface area contributed by atoms with E-state index in [2.05, 4.69) is 20.8 Å². The van der Waals surface area contributed by atoms with Crippen LogP contribution >= 0.6 is 11.6 Å². The first kappa shape index (κ1) is 21.8. The van der Waals surface area contributed by atoms with Gasteiger partial charge in [-0.05, 0) is 31.0 Å². The van der Waals surface area contributed by atoms with E-state index in [1.54, 1.807) is 12.1 Å². The standard InChI is InChI=1S/C19H26ClN5O3/c1-4-9-25(11-16(26)22-19(27)21-10-13(2)3)12-17-23-24-18(28-17)14-7-5-6-8-15(14)20/h5-8,13H,4,9-12H2,1-3H3,(H2,21,22,26,27). The molecule has 152 valence electrons. The molecule has 0 bridgehead atoms. The summed E-state index contributed by atoms with van der Waals surface area (Å²) in [4.78, 5) is 25.7. The molecule has 1 aromatic carbocycles. The number of rotatable bonds is 9. The maximum absolute atomic E-state index is 12.1. The lowest BCUT2D eigenvalue weighted by Gasteiger charge is -2.19. The molecule has 1 aromatic heterocycles. The number of urea groups is 1. The van der Waals surface area contributed by atoms with E-state index in [9.17, 15) is 9.59 Å². The number of hydrogen-bond acceptors (Lipinski definition) is 6. The number of nitrogens with one attached hydrogen (secondary N) is 2. The minimum atomic E-state index is -0.492. The second kappa shape index (κ2) is 10.8. The Balaban J connectivity index is 1.95. The fraction of sp³-hybridized carbons (Fsp3) is 0.474. The number of carbonyl (C=O) groups is 2. The predicted octanol–water partition coefficient (Wildman–Crippen LogP) is 3.08. The number of nitrogens with zero attached hydrogens (tertiary/aromatic N) is 3. The van der Waals surface area contributed by atoms with Crippen molar-refractivity contribution in [1.29, 1.82) is 0 Å². The van der Waals surface area contributed by atoms with Crippen molar-refractivity contribution in [3.05, 3.63) is 35.2 Å². The first-order valence-electron chi connectivity index (χ1n) is 9.26. The van der Waals surface area contributed by atoms with Gasteiger partial charge < -0.3 is 9.73 Å². The molecule has 0 aliphatic carbocycles. The zero-order valence-corrected chi connectivity index (χ0v) is 17.1. The van der Waals surface area contributed by atoms with Crippen LogP contribution in [0.5, 0.6) is 0 Å². The average molecular weight is 408 g/mol. The van der Waals surface area contributed by atoms with Crippen LogP contribution < -0.4 is 10.6 Å². The van der Waals surface area contributed by atoms with Gasteiger partial charge in [0, 0.05) is 6.54 Å². The van der Waals surface area contributed by atoms with Crippen LogP contribution in [0.3, 0.4) is 0 Å². The number of carbonyl (C=O) groups excluding carboxylic acids is 2. The Hall–Kier alpha value is -2.45. The number of amides is 3. The Kier molecular flexibility index (Phi) is 8.41. The van der Waals surface area contributed by atoms with Crippen molar-refractivity contribution in [2.75, 3.05) is 19.6 Å². The van der Waals surface area contributed by atoms with Crippen molar-refractivity contribution in [3.63, 3.8) is 0 Å². The minimum Gasteiger partial charge on any atom is -0.419 e. The summed E-state index contributed by atoms with van der Waals surface area (Å²) in [6.45, 7) is 7.45. The maximum atomic E-state index is 12.1. The van der Waals surface area contributed by atoms with E-state index >= 15 is 0 Å². The molecule has 0 fully saturated rings. The topological polar surface area (TPSA) is 100 Å². The molecule has 2 aromatic rings. The van der Waals surface area contributed by atoms with E-state index in [-0.39, 0.29) is 12.5 Å². The van der Waals surface area contributed by atoms with E-state index in [1.807, 2.05) is 37.8 Å². The number of benzene rings is 1. The van der Waals surface area contributed by atoms with E-state index in [0.717, 1.165) is 6.42 Å². The fourth-order valence-corrected chi connectivity index (χ4v) is 2.71. The third kappa shape index (κ3) is 6.94. The largest absolute Gasteiger partial charge is 0.419 e. The summed E-state index contributed by atoms with van der Waals surface area (Å²) in [5.41, 5.74) is 0.657. The monoisotopic (exact) mass is 407 g/mol. The van der Waals surface area contributed by atoms with Gasteiger partial charge in [-0.2, -0.15) is 0 Å². The van der Waals surface area contributed by atoms with E-state index < -0.39 is 6.03 Å². The third-order valence-corrected chi connectivity index (χ3v) is 4.09. The molecule has 0 aliphatic heterocycles. The van der Waals surface area contributed by atoms with Gasteiger partial charge in [-0.15, -0.1) is 10.2 Å². The molecule has 1 heterocycles. The van der Waals surface area contributed by atoms with Crippen LogP contribution in [0.25, 0.3) is 11.5 Å². The lowest BCUT2D eigenvalue weighted by Crippen LogP contribution is -2.45. The SMILES string of the molecule is CCCN(CC(=O)NC(=O)NCC(C)C)Cc1nnc(-c2ccccc2Cl)o1. The Labute approximate surface area is 169 Å². The van der Waals surface area contributed by atoms with Gasteiger partial charge in [0.25, 0.3) is 0 Å². The van der Waals surface area contributed by atoms with E-state index in [0.29, 0.717) is 47.9 Å². The van der Waals surface area contributed by atoms with Crippen LogP contribution in [-0.4, -0.2) is 46.7 Å². The Bertz CT molecular complexity index is 793. The molecule has 0 atom stereocenters. The van der Waals surface area contributed by atoms with Crippen molar-refractivity contribution >= 4 is 23.5 Å². The molecule has 3 amide bonds. The minimum absolute atomic E-state index is 0.0484. The molecule has 0 saturated carbocycles. The molecule has 0 radical (unpaired) electrons. The fourth-order valence-electron chi connectivity index (χ4n) is 2.49. The molecule has 0 aliphatic rings.